The number of ether oxygens (including phenoxy) is 1. The number of carbonyl (C=O) groups excluding carboxylic acids is 2. The molecule has 0 unspecified atom stereocenters. The first-order valence-corrected chi connectivity index (χ1v) is 21.0. The number of hydrogen-bond acceptors (Lipinski definition) is 5. The Balaban J connectivity index is 1.11. The van der Waals surface area contributed by atoms with Crippen molar-refractivity contribution in [1.82, 2.24) is 9.80 Å². The van der Waals surface area contributed by atoms with E-state index in [1.165, 1.54) is 26.4 Å². The Morgan fingerprint density at radius 2 is 1.28 bits per heavy atom. The molecule has 0 bridgehead atoms. The summed E-state index contributed by atoms with van der Waals surface area (Å²) in [6.45, 7) is 11.5. The highest BCUT2D eigenvalue weighted by Crippen LogP contribution is 2.44. The molecule has 1 heterocycles. The fourth-order valence-electron chi connectivity index (χ4n) is 8.31. The van der Waals surface area contributed by atoms with Crippen LogP contribution in [0.2, 0.25) is 5.04 Å². The van der Waals surface area contributed by atoms with Gasteiger partial charge in [0, 0.05) is 26.6 Å². The Hall–Kier alpha value is -4.92. The molecule has 0 aliphatic heterocycles. The average Bonchev–Trinajstić information content (AvgIpc) is 3.83. The van der Waals surface area contributed by atoms with Gasteiger partial charge in [-0.2, -0.15) is 0 Å². The first-order chi connectivity index (χ1) is 26.0. The summed E-state index contributed by atoms with van der Waals surface area (Å²) in [5.74, 6) is 0.498. The van der Waals surface area contributed by atoms with Crippen molar-refractivity contribution in [2.24, 2.45) is 5.92 Å². The molecule has 8 heteroatoms. The maximum absolute atomic E-state index is 14.1. The van der Waals surface area contributed by atoms with E-state index in [9.17, 15) is 9.59 Å². The summed E-state index contributed by atoms with van der Waals surface area (Å²) >= 11 is 0. The van der Waals surface area contributed by atoms with E-state index in [1.807, 2.05) is 36.4 Å². The molecule has 0 spiro atoms. The fraction of sp³-hybridized carbons (Fsp3) is 0.348. The second-order valence-corrected chi connectivity index (χ2v) is 19.9. The number of carbonyl (C=O) groups is 2. The molecule has 0 N–H and O–H groups in total. The lowest BCUT2D eigenvalue weighted by atomic mass is 9.93. The zero-order valence-electron chi connectivity index (χ0n) is 32.7. The molecule has 0 saturated heterocycles. The lowest BCUT2D eigenvalue weighted by Crippen LogP contribution is -2.66. The van der Waals surface area contributed by atoms with Crippen LogP contribution in [0.3, 0.4) is 0 Å². The van der Waals surface area contributed by atoms with Crippen molar-refractivity contribution in [3.05, 3.63) is 144 Å². The van der Waals surface area contributed by atoms with E-state index in [4.69, 9.17) is 13.6 Å². The lowest BCUT2D eigenvalue weighted by Gasteiger charge is -2.43. The standard InChI is InChI=1S/C46H54N2O5Si/c1-33(20-18-31-53-54(46(3,4)5,35-21-10-8-11-22-35)36-23-12-9-13-24-36)43(42-29-19-30-51-42)48(7)44(49)34(2)47(6)45(50)52-32-41-39-27-16-14-25-37(39)38-26-15-17-28-40(38)41/h8-17,19,21-30,33-34,41,43H,18,20,31-32H2,1-7H3/t33-,34-,43+/m1/s1. The van der Waals surface area contributed by atoms with Gasteiger partial charge in [-0.1, -0.05) is 137 Å². The zero-order valence-corrected chi connectivity index (χ0v) is 33.7. The molecule has 0 fully saturated rings. The molecule has 1 aromatic heterocycles. The van der Waals surface area contributed by atoms with Crippen molar-refractivity contribution in [2.45, 2.75) is 70.5 Å². The van der Waals surface area contributed by atoms with E-state index in [0.29, 0.717) is 12.4 Å². The van der Waals surface area contributed by atoms with Gasteiger partial charge in [0.2, 0.25) is 5.91 Å². The van der Waals surface area contributed by atoms with Crippen molar-refractivity contribution in [3.63, 3.8) is 0 Å². The number of furan rings is 1. The SMILES string of the molecule is C[C@H](CCCO[Si](c1ccccc1)(c1ccccc1)C(C)(C)C)[C@@H](c1ccco1)N(C)C(=O)[C@@H](C)N(C)C(=O)OCC1c2ccccc2-c2ccccc21. The van der Waals surface area contributed by atoms with Gasteiger partial charge in [0.1, 0.15) is 18.4 Å². The smallest absolute Gasteiger partial charge is 0.410 e. The molecule has 5 aromatic rings. The Morgan fingerprint density at radius 3 is 1.80 bits per heavy atom. The van der Waals surface area contributed by atoms with Crippen molar-refractivity contribution in [2.75, 3.05) is 27.3 Å². The third-order valence-corrected chi connectivity index (χ3v) is 16.3. The first-order valence-electron chi connectivity index (χ1n) is 19.1. The third-order valence-electron chi connectivity index (χ3n) is 11.2. The van der Waals surface area contributed by atoms with Gasteiger partial charge in [-0.3, -0.25) is 9.69 Å². The highest BCUT2D eigenvalue weighted by molar-refractivity contribution is 6.99. The predicted molar refractivity (Wildman–Crippen MR) is 218 cm³/mol. The lowest BCUT2D eigenvalue weighted by molar-refractivity contribution is -0.138. The molecule has 1 aliphatic carbocycles. The van der Waals surface area contributed by atoms with E-state index >= 15 is 0 Å². The minimum Gasteiger partial charge on any atom is -0.467 e. The summed E-state index contributed by atoms with van der Waals surface area (Å²) in [4.78, 5) is 30.7. The zero-order chi connectivity index (χ0) is 38.5. The maximum atomic E-state index is 14.1. The van der Waals surface area contributed by atoms with Crippen LogP contribution in [0.4, 0.5) is 4.79 Å². The maximum Gasteiger partial charge on any atom is 0.410 e. The first kappa shape index (κ1) is 38.8. The molecule has 4 aromatic carbocycles. The van der Waals surface area contributed by atoms with E-state index in [-0.39, 0.29) is 35.4 Å². The largest absolute Gasteiger partial charge is 0.467 e. The summed E-state index contributed by atoms with van der Waals surface area (Å²) in [7, 11) is 0.764. The number of rotatable bonds is 14. The van der Waals surface area contributed by atoms with Crippen LogP contribution >= 0.6 is 0 Å². The van der Waals surface area contributed by atoms with Crippen LogP contribution in [0.15, 0.2) is 132 Å². The van der Waals surface area contributed by atoms with E-state index < -0.39 is 20.5 Å². The number of nitrogens with zero attached hydrogens (tertiary/aromatic N) is 2. The summed E-state index contributed by atoms with van der Waals surface area (Å²) in [6, 6.07) is 40.5. The van der Waals surface area contributed by atoms with Gasteiger partial charge < -0.3 is 18.5 Å². The van der Waals surface area contributed by atoms with Crippen molar-refractivity contribution < 1.29 is 23.2 Å². The molecule has 6 rings (SSSR count). The Labute approximate surface area is 322 Å². The van der Waals surface area contributed by atoms with Gasteiger partial charge in [0.05, 0.1) is 12.3 Å². The minimum absolute atomic E-state index is 0.0415. The molecular weight excluding hydrogens is 689 g/mol. The summed E-state index contributed by atoms with van der Waals surface area (Å²) in [5, 5.41) is 2.40. The fourth-order valence-corrected chi connectivity index (χ4v) is 12.9. The average molecular weight is 743 g/mol. The van der Waals surface area contributed by atoms with E-state index in [2.05, 4.69) is 113 Å². The van der Waals surface area contributed by atoms with Crippen LogP contribution in [0, 0.1) is 5.92 Å². The molecule has 2 amide bonds. The Bertz CT molecular complexity index is 1910. The van der Waals surface area contributed by atoms with Crippen LogP contribution < -0.4 is 10.4 Å². The topological polar surface area (TPSA) is 72.2 Å². The van der Waals surface area contributed by atoms with Gasteiger partial charge in [-0.05, 0) is 75.5 Å². The number of amides is 2. The van der Waals surface area contributed by atoms with E-state index in [0.717, 1.165) is 24.0 Å². The molecule has 0 saturated carbocycles. The second kappa shape index (κ2) is 16.6. The molecule has 1 aliphatic rings. The van der Waals surface area contributed by atoms with Crippen LogP contribution in [0.25, 0.3) is 11.1 Å². The monoisotopic (exact) mass is 742 g/mol. The third kappa shape index (κ3) is 7.68. The van der Waals surface area contributed by atoms with E-state index in [1.54, 1.807) is 32.2 Å². The highest BCUT2D eigenvalue weighted by Gasteiger charge is 2.50. The molecule has 7 nitrogen and oxygen atoms in total. The Kier molecular flexibility index (Phi) is 11.9. The second-order valence-electron chi connectivity index (χ2n) is 15.6. The van der Waals surface area contributed by atoms with Gasteiger partial charge in [0.25, 0.3) is 8.32 Å². The van der Waals surface area contributed by atoms with Crippen LogP contribution in [0.5, 0.6) is 0 Å². The molecule has 282 valence electrons. The molecule has 0 radical (unpaired) electrons. The van der Waals surface area contributed by atoms with Crippen molar-refractivity contribution in [1.29, 1.82) is 0 Å². The highest BCUT2D eigenvalue weighted by atomic mass is 28.4. The number of hydrogen-bond donors (Lipinski definition) is 0. The quantitative estimate of drug-likeness (QED) is 0.0839. The van der Waals surface area contributed by atoms with Crippen molar-refractivity contribution in [3.8, 4) is 11.1 Å². The summed E-state index contributed by atoms with van der Waals surface area (Å²) in [6.07, 6.45) is 2.72. The van der Waals surface area contributed by atoms with Gasteiger partial charge in [-0.15, -0.1) is 0 Å². The normalized spacial score (nSPS) is 14.4. The number of likely N-dealkylation sites (N-methyl/N-ethyl adjacent to an activating group) is 2. The summed E-state index contributed by atoms with van der Waals surface area (Å²) < 4.78 is 19.0. The molecule has 3 atom stereocenters. The number of benzene rings is 4. The van der Waals surface area contributed by atoms with Crippen molar-refractivity contribution >= 4 is 30.7 Å². The van der Waals surface area contributed by atoms with Crippen LogP contribution in [-0.4, -0.2) is 63.5 Å². The van der Waals surface area contributed by atoms with Gasteiger partial charge in [-0.25, -0.2) is 4.79 Å². The summed E-state index contributed by atoms with van der Waals surface area (Å²) in [5.41, 5.74) is 4.62. The minimum atomic E-state index is -2.66. The van der Waals surface area contributed by atoms with Crippen LogP contribution in [0.1, 0.15) is 76.3 Å². The molecule has 54 heavy (non-hydrogen) atoms. The Morgan fingerprint density at radius 1 is 0.741 bits per heavy atom. The van der Waals surface area contributed by atoms with Crippen LogP contribution in [-0.2, 0) is 14.0 Å². The molecular formula is C46H54N2O5Si. The predicted octanol–water partition coefficient (Wildman–Crippen LogP) is 9.04. The number of fused-ring (bicyclic) bond motifs is 3. The van der Waals surface area contributed by atoms with Gasteiger partial charge >= 0.3 is 6.09 Å². The van der Waals surface area contributed by atoms with Gasteiger partial charge in [0.15, 0.2) is 0 Å².